The first-order valence-corrected chi connectivity index (χ1v) is 12.8. The standard InChI is InChI=1S/C25H24N2O4S2/c1-17-9-12-20(13-10-17)33(29,30)16-22(28)27(15-19-7-5-4-6-8-19)25-26-23-21(31-3)14-11-18(2)24(23)32-25/h4-14H,15-16H2,1-3H3. The van der Waals surface area contributed by atoms with Crippen LogP contribution in [0.25, 0.3) is 10.2 Å². The van der Waals surface area contributed by atoms with Gasteiger partial charge in [-0.2, -0.15) is 0 Å². The molecule has 8 heteroatoms. The van der Waals surface area contributed by atoms with Crippen LogP contribution in [0.4, 0.5) is 5.13 Å². The van der Waals surface area contributed by atoms with Gasteiger partial charge in [-0.15, -0.1) is 0 Å². The number of aryl methyl sites for hydroxylation is 2. The number of fused-ring (bicyclic) bond motifs is 1. The summed E-state index contributed by atoms with van der Waals surface area (Å²) in [5.41, 5.74) is 3.49. The molecule has 1 amide bonds. The number of carbonyl (C=O) groups excluding carboxylic acids is 1. The number of sulfone groups is 1. The molecule has 6 nitrogen and oxygen atoms in total. The molecule has 0 spiro atoms. The number of methoxy groups -OCH3 is 1. The Morgan fingerprint density at radius 2 is 1.70 bits per heavy atom. The topological polar surface area (TPSA) is 76.6 Å². The van der Waals surface area contributed by atoms with Crippen LogP contribution in [0.2, 0.25) is 0 Å². The highest BCUT2D eigenvalue weighted by Crippen LogP contribution is 2.37. The molecule has 3 aromatic carbocycles. The lowest BCUT2D eigenvalue weighted by Crippen LogP contribution is -2.35. The van der Waals surface area contributed by atoms with Crippen LogP contribution in [0.15, 0.2) is 71.6 Å². The molecule has 0 aliphatic carbocycles. The second-order valence-electron chi connectivity index (χ2n) is 7.80. The molecule has 0 fully saturated rings. The Morgan fingerprint density at radius 1 is 1.00 bits per heavy atom. The quantitative estimate of drug-likeness (QED) is 0.375. The summed E-state index contributed by atoms with van der Waals surface area (Å²) in [6.45, 7) is 4.06. The average molecular weight is 481 g/mol. The molecule has 0 saturated carbocycles. The minimum absolute atomic E-state index is 0.128. The van der Waals surface area contributed by atoms with Crippen molar-refractivity contribution < 1.29 is 17.9 Å². The number of amides is 1. The molecular weight excluding hydrogens is 456 g/mol. The zero-order valence-electron chi connectivity index (χ0n) is 18.6. The summed E-state index contributed by atoms with van der Waals surface area (Å²) in [5.74, 6) is -0.567. The van der Waals surface area contributed by atoms with E-state index < -0.39 is 21.5 Å². The second kappa shape index (κ2) is 9.33. The molecule has 1 heterocycles. The molecule has 0 N–H and O–H groups in total. The third-order valence-electron chi connectivity index (χ3n) is 5.32. The van der Waals surface area contributed by atoms with Gasteiger partial charge in [-0.1, -0.05) is 65.4 Å². The lowest BCUT2D eigenvalue weighted by molar-refractivity contribution is -0.116. The van der Waals surface area contributed by atoms with Crippen molar-refractivity contribution in [3.63, 3.8) is 0 Å². The van der Waals surface area contributed by atoms with Gasteiger partial charge in [-0.05, 0) is 43.2 Å². The van der Waals surface area contributed by atoms with E-state index in [1.807, 2.05) is 56.3 Å². The van der Waals surface area contributed by atoms with E-state index in [-0.39, 0.29) is 11.4 Å². The fourth-order valence-electron chi connectivity index (χ4n) is 3.48. The van der Waals surface area contributed by atoms with E-state index in [1.54, 1.807) is 19.2 Å². The molecule has 1 aromatic heterocycles. The van der Waals surface area contributed by atoms with Gasteiger partial charge in [-0.3, -0.25) is 9.69 Å². The highest BCUT2D eigenvalue weighted by atomic mass is 32.2. The average Bonchev–Trinajstić information content (AvgIpc) is 3.24. The minimum Gasteiger partial charge on any atom is -0.494 e. The summed E-state index contributed by atoms with van der Waals surface area (Å²) in [6.07, 6.45) is 0. The van der Waals surface area contributed by atoms with Gasteiger partial charge in [0.25, 0.3) is 0 Å². The SMILES string of the molecule is COc1ccc(C)c2sc(N(Cc3ccccc3)C(=O)CS(=O)(=O)c3ccc(C)cc3)nc12. The fraction of sp³-hybridized carbons (Fsp3) is 0.200. The molecule has 4 rings (SSSR count). The minimum atomic E-state index is -3.81. The van der Waals surface area contributed by atoms with Gasteiger partial charge >= 0.3 is 0 Å². The number of benzene rings is 3. The van der Waals surface area contributed by atoms with Gasteiger partial charge in [0.15, 0.2) is 15.0 Å². The van der Waals surface area contributed by atoms with Crippen molar-refractivity contribution in [2.24, 2.45) is 0 Å². The monoisotopic (exact) mass is 480 g/mol. The maximum absolute atomic E-state index is 13.4. The molecule has 0 aliphatic heterocycles. The van der Waals surface area contributed by atoms with Gasteiger partial charge in [0.2, 0.25) is 5.91 Å². The van der Waals surface area contributed by atoms with Crippen LogP contribution >= 0.6 is 11.3 Å². The Labute approximate surface area is 197 Å². The number of aromatic nitrogens is 1. The largest absolute Gasteiger partial charge is 0.494 e. The van der Waals surface area contributed by atoms with E-state index in [0.717, 1.165) is 21.4 Å². The van der Waals surface area contributed by atoms with Crippen LogP contribution in [-0.4, -0.2) is 32.2 Å². The number of thiazole rings is 1. The van der Waals surface area contributed by atoms with Crippen molar-refractivity contribution in [3.05, 3.63) is 83.4 Å². The van der Waals surface area contributed by atoms with Gasteiger partial charge in [0.1, 0.15) is 17.0 Å². The van der Waals surface area contributed by atoms with Crippen LogP contribution in [0.1, 0.15) is 16.7 Å². The summed E-state index contributed by atoms with van der Waals surface area (Å²) < 4.78 is 32.3. The van der Waals surface area contributed by atoms with Crippen molar-refractivity contribution in [3.8, 4) is 5.75 Å². The zero-order valence-corrected chi connectivity index (χ0v) is 20.2. The summed E-state index contributed by atoms with van der Waals surface area (Å²) in [6, 6.07) is 19.7. The first kappa shape index (κ1) is 22.9. The molecule has 0 atom stereocenters. The first-order valence-electron chi connectivity index (χ1n) is 10.4. The van der Waals surface area contributed by atoms with Crippen molar-refractivity contribution in [2.45, 2.75) is 25.3 Å². The van der Waals surface area contributed by atoms with Gasteiger partial charge in [-0.25, -0.2) is 13.4 Å². The normalized spacial score (nSPS) is 11.5. The van der Waals surface area contributed by atoms with Crippen LogP contribution in [-0.2, 0) is 21.2 Å². The predicted octanol–water partition coefficient (Wildman–Crippen LogP) is 4.93. The molecule has 0 unspecified atom stereocenters. The Hall–Kier alpha value is -3.23. The summed E-state index contributed by atoms with van der Waals surface area (Å²) in [5, 5.41) is 0.436. The van der Waals surface area contributed by atoms with Gasteiger partial charge in [0, 0.05) is 0 Å². The van der Waals surface area contributed by atoms with E-state index in [2.05, 4.69) is 4.98 Å². The third kappa shape index (κ3) is 4.91. The lowest BCUT2D eigenvalue weighted by atomic mass is 10.2. The van der Waals surface area contributed by atoms with E-state index in [1.165, 1.54) is 28.4 Å². The van der Waals surface area contributed by atoms with Crippen LogP contribution < -0.4 is 9.64 Å². The molecule has 4 aromatic rings. The molecular formula is C25H24N2O4S2. The number of nitrogens with zero attached hydrogens (tertiary/aromatic N) is 2. The number of ether oxygens (including phenoxy) is 1. The van der Waals surface area contributed by atoms with Crippen LogP contribution in [0.3, 0.4) is 0 Å². The highest BCUT2D eigenvalue weighted by molar-refractivity contribution is 7.92. The third-order valence-corrected chi connectivity index (χ3v) is 8.15. The zero-order chi connectivity index (χ0) is 23.6. The fourth-order valence-corrected chi connectivity index (χ4v) is 5.74. The van der Waals surface area contributed by atoms with E-state index in [4.69, 9.17) is 4.74 Å². The number of anilines is 1. The molecule has 0 radical (unpaired) electrons. The van der Waals surface area contributed by atoms with Crippen LogP contribution in [0, 0.1) is 13.8 Å². The van der Waals surface area contributed by atoms with E-state index in [9.17, 15) is 13.2 Å². The summed E-state index contributed by atoms with van der Waals surface area (Å²) in [7, 11) is -2.24. The van der Waals surface area contributed by atoms with Crippen molar-refractivity contribution in [1.29, 1.82) is 0 Å². The Kier molecular flexibility index (Phi) is 6.49. The van der Waals surface area contributed by atoms with Crippen molar-refractivity contribution in [1.82, 2.24) is 4.98 Å². The van der Waals surface area contributed by atoms with E-state index in [0.29, 0.717) is 16.4 Å². The number of hydrogen-bond donors (Lipinski definition) is 0. The smallest absolute Gasteiger partial charge is 0.244 e. The Morgan fingerprint density at radius 3 is 2.36 bits per heavy atom. The lowest BCUT2D eigenvalue weighted by Gasteiger charge is -2.20. The Bertz CT molecular complexity index is 1400. The first-order chi connectivity index (χ1) is 15.8. The maximum atomic E-state index is 13.4. The number of rotatable bonds is 7. The van der Waals surface area contributed by atoms with E-state index >= 15 is 0 Å². The van der Waals surface area contributed by atoms with Crippen LogP contribution in [0.5, 0.6) is 5.75 Å². The second-order valence-corrected chi connectivity index (χ2v) is 10.8. The molecule has 0 bridgehead atoms. The number of carbonyl (C=O) groups is 1. The summed E-state index contributed by atoms with van der Waals surface area (Å²) >= 11 is 1.35. The molecule has 33 heavy (non-hydrogen) atoms. The molecule has 170 valence electrons. The van der Waals surface area contributed by atoms with Gasteiger partial charge < -0.3 is 4.74 Å². The van der Waals surface area contributed by atoms with Gasteiger partial charge in [0.05, 0.1) is 23.2 Å². The number of hydrogen-bond acceptors (Lipinski definition) is 6. The predicted molar refractivity (Wildman–Crippen MR) is 132 cm³/mol. The van der Waals surface area contributed by atoms with Crippen molar-refractivity contribution >= 4 is 42.4 Å². The maximum Gasteiger partial charge on any atom is 0.244 e. The molecule has 0 saturated heterocycles. The summed E-state index contributed by atoms with van der Waals surface area (Å²) in [4.78, 5) is 19.7. The highest BCUT2D eigenvalue weighted by Gasteiger charge is 2.27. The Balaban J connectivity index is 1.74. The van der Waals surface area contributed by atoms with Crippen molar-refractivity contribution in [2.75, 3.05) is 17.8 Å². The molecule has 0 aliphatic rings.